The third-order valence-corrected chi connectivity index (χ3v) is 2.89. The normalized spacial score (nSPS) is 12.2. The third-order valence-electron chi connectivity index (χ3n) is 2.89. The Balaban J connectivity index is 2.31. The minimum absolute atomic E-state index is 0.0774. The summed E-state index contributed by atoms with van der Waals surface area (Å²) in [7, 11) is 0. The van der Waals surface area contributed by atoms with Gasteiger partial charge in [0.2, 0.25) is 5.91 Å². The van der Waals surface area contributed by atoms with Crippen LogP contribution in [0.25, 0.3) is 0 Å². The molecular formula is C13H21N3O. The van der Waals surface area contributed by atoms with Crippen LogP contribution in [0.1, 0.15) is 30.9 Å². The molecule has 1 amide bonds. The first-order valence-corrected chi connectivity index (χ1v) is 5.99. The van der Waals surface area contributed by atoms with E-state index >= 15 is 0 Å². The molecule has 0 bridgehead atoms. The summed E-state index contributed by atoms with van der Waals surface area (Å²) in [5.74, 6) is 0.481. The van der Waals surface area contributed by atoms with Gasteiger partial charge in [0.25, 0.3) is 0 Å². The Hall–Kier alpha value is -1.42. The van der Waals surface area contributed by atoms with Gasteiger partial charge in [-0.05, 0) is 43.0 Å². The van der Waals surface area contributed by atoms with Crippen LogP contribution < -0.4 is 11.1 Å². The molecule has 0 aliphatic heterocycles. The number of hydrogen-bond donors (Lipinski definition) is 2. The molecule has 4 heteroatoms. The Labute approximate surface area is 103 Å². The molecule has 1 atom stereocenters. The molecule has 1 rings (SSSR count). The van der Waals surface area contributed by atoms with E-state index in [1.807, 2.05) is 13.0 Å². The highest BCUT2D eigenvalue weighted by Crippen LogP contribution is 2.06. The quantitative estimate of drug-likeness (QED) is 0.782. The van der Waals surface area contributed by atoms with Crippen molar-refractivity contribution in [1.29, 1.82) is 0 Å². The highest BCUT2D eigenvalue weighted by molar-refractivity contribution is 5.75. The van der Waals surface area contributed by atoms with Gasteiger partial charge in [-0.2, -0.15) is 0 Å². The van der Waals surface area contributed by atoms with Gasteiger partial charge in [-0.15, -0.1) is 0 Å². The molecule has 0 fully saturated rings. The number of nitrogens with two attached hydrogens (primary N) is 1. The fourth-order valence-electron chi connectivity index (χ4n) is 1.46. The summed E-state index contributed by atoms with van der Waals surface area (Å²) in [6.45, 7) is 5.25. The minimum atomic E-state index is 0.0774. The molecule has 0 spiro atoms. The van der Waals surface area contributed by atoms with E-state index < -0.39 is 0 Å². The van der Waals surface area contributed by atoms with E-state index in [1.165, 1.54) is 0 Å². The van der Waals surface area contributed by atoms with Gasteiger partial charge in [0, 0.05) is 25.4 Å². The highest BCUT2D eigenvalue weighted by atomic mass is 16.1. The van der Waals surface area contributed by atoms with E-state index in [0.717, 1.165) is 17.5 Å². The lowest BCUT2D eigenvalue weighted by molar-refractivity contribution is -0.121. The van der Waals surface area contributed by atoms with Crippen molar-refractivity contribution in [2.75, 3.05) is 6.54 Å². The van der Waals surface area contributed by atoms with E-state index in [9.17, 15) is 4.79 Å². The Bertz CT molecular complexity index is 365. The van der Waals surface area contributed by atoms with Gasteiger partial charge in [0.1, 0.15) is 0 Å². The summed E-state index contributed by atoms with van der Waals surface area (Å²) in [6, 6.07) is 1.94. The summed E-state index contributed by atoms with van der Waals surface area (Å²) >= 11 is 0. The van der Waals surface area contributed by atoms with Crippen molar-refractivity contribution in [2.24, 2.45) is 11.7 Å². The molecule has 94 valence electrons. The molecule has 4 nitrogen and oxygen atoms in total. The fraction of sp³-hybridized carbons (Fsp3) is 0.538. The second-order valence-corrected chi connectivity index (χ2v) is 4.46. The molecule has 17 heavy (non-hydrogen) atoms. The Morgan fingerprint density at radius 3 is 3.00 bits per heavy atom. The summed E-state index contributed by atoms with van der Waals surface area (Å²) in [4.78, 5) is 15.6. The Kier molecular flexibility index (Phi) is 5.63. The predicted octanol–water partition coefficient (Wildman–Crippen LogP) is 1.38. The van der Waals surface area contributed by atoms with Crippen LogP contribution in [0.5, 0.6) is 0 Å². The smallest absolute Gasteiger partial charge is 0.220 e. The molecule has 1 aromatic heterocycles. The van der Waals surface area contributed by atoms with Crippen LogP contribution in [-0.4, -0.2) is 17.4 Å². The number of aromatic nitrogens is 1. The first kappa shape index (κ1) is 13.6. The minimum Gasteiger partial charge on any atom is -0.352 e. The largest absolute Gasteiger partial charge is 0.352 e. The lowest BCUT2D eigenvalue weighted by atomic mass is 10.1. The van der Waals surface area contributed by atoms with Gasteiger partial charge < -0.3 is 11.1 Å². The van der Waals surface area contributed by atoms with Crippen LogP contribution >= 0.6 is 0 Å². The van der Waals surface area contributed by atoms with Crippen LogP contribution in [-0.2, 0) is 11.3 Å². The molecule has 1 heterocycles. The molecular weight excluding hydrogens is 214 g/mol. The topological polar surface area (TPSA) is 68.0 Å². The number of aryl methyl sites for hydroxylation is 1. The van der Waals surface area contributed by atoms with Crippen molar-refractivity contribution in [3.05, 3.63) is 29.6 Å². The monoisotopic (exact) mass is 235 g/mol. The third kappa shape index (κ3) is 4.95. The fourth-order valence-corrected chi connectivity index (χ4v) is 1.46. The molecule has 0 saturated heterocycles. The number of hydrogen-bond acceptors (Lipinski definition) is 3. The molecule has 0 saturated carbocycles. The lowest BCUT2D eigenvalue weighted by Crippen LogP contribution is -2.24. The van der Waals surface area contributed by atoms with Crippen molar-refractivity contribution in [2.45, 2.75) is 33.2 Å². The Morgan fingerprint density at radius 2 is 2.35 bits per heavy atom. The van der Waals surface area contributed by atoms with Crippen molar-refractivity contribution in [3.63, 3.8) is 0 Å². The number of carbonyl (C=O) groups excluding carboxylic acids is 1. The van der Waals surface area contributed by atoms with E-state index in [1.54, 1.807) is 12.4 Å². The molecule has 1 aromatic rings. The molecule has 0 radical (unpaired) electrons. The highest BCUT2D eigenvalue weighted by Gasteiger charge is 2.06. The van der Waals surface area contributed by atoms with Crippen molar-refractivity contribution >= 4 is 5.91 Å². The van der Waals surface area contributed by atoms with E-state index in [0.29, 0.717) is 25.4 Å². The van der Waals surface area contributed by atoms with Gasteiger partial charge in [0.15, 0.2) is 0 Å². The van der Waals surface area contributed by atoms with Gasteiger partial charge in [-0.3, -0.25) is 9.78 Å². The predicted molar refractivity (Wildman–Crippen MR) is 68.3 cm³/mol. The van der Waals surface area contributed by atoms with Crippen molar-refractivity contribution in [1.82, 2.24) is 10.3 Å². The molecule has 0 aliphatic rings. The summed E-state index contributed by atoms with van der Waals surface area (Å²) in [5.41, 5.74) is 7.71. The number of rotatable bonds is 6. The van der Waals surface area contributed by atoms with Gasteiger partial charge >= 0.3 is 0 Å². The first-order valence-electron chi connectivity index (χ1n) is 5.99. The van der Waals surface area contributed by atoms with Crippen molar-refractivity contribution < 1.29 is 4.79 Å². The van der Waals surface area contributed by atoms with Gasteiger partial charge in [-0.1, -0.05) is 6.92 Å². The van der Waals surface area contributed by atoms with Crippen molar-refractivity contribution in [3.8, 4) is 0 Å². The first-order chi connectivity index (χ1) is 8.13. The van der Waals surface area contributed by atoms with Crippen LogP contribution in [0.15, 0.2) is 18.5 Å². The number of pyridine rings is 1. The second-order valence-electron chi connectivity index (χ2n) is 4.46. The van der Waals surface area contributed by atoms with E-state index in [-0.39, 0.29) is 5.91 Å². The summed E-state index contributed by atoms with van der Waals surface area (Å²) in [5, 5.41) is 2.90. The number of amides is 1. The zero-order chi connectivity index (χ0) is 12.7. The summed E-state index contributed by atoms with van der Waals surface area (Å²) in [6.07, 6.45) is 4.92. The van der Waals surface area contributed by atoms with Crippen LogP contribution in [0.2, 0.25) is 0 Å². The molecule has 1 unspecified atom stereocenters. The van der Waals surface area contributed by atoms with Gasteiger partial charge in [0.05, 0.1) is 0 Å². The molecule has 0 aliphatic carbocycles. The average molecular weight is 235 g/mol. The van der Waals surface area contributed by atoms with Crippen LogP contribution in [0.4, 0.5) is 0 Å². The maximum atomic E-state index is 11.6. The standard InChI is InChI=1S/C13H21N3O/c1-10(7-14)3-4-13(17)16-9-12-8-15-6-5-11(12)2/h5-6,8,10H,3-4,7,9,14H2,1-2H3,(H,16,17). The molecule has 0 aromatic carbocycles. The maximum absolute atomic E-state index is 11.6. The van der Waals surface area contributed by atoms with E-state index in [2.05, 4.69) is 17.2 Å². The lowest BCUT2D eigenvalue weighted by Gasteiger charge is -2.09. The van der Waals surface area contributed by atoms with E-state index in [4.69, 9.17) is 5.73 Å². The van der Waals surface area contributed by atoms with Gasteiger partial charge in [-0.25, -0.2) is 0 Å². The molecule has 3 N–H and O–H groups in total. The number of carbonyl (C=O) groups is 1. The summed E-state index contributed by atoms with van der Waals surface area (Å²) < 4.78 is 0. The number of nitrogens with one attached hydrogen (secondary N) is 1. The second kappa shape index (κ2) is 7.01. The average Bonchev–Trinajstić information content (AvgIpc) is 2.35. The maximum Gasteiger partial charge on any atom is 0.220 e. The zero-order valence-electron chi connectivity index (χ0n) is 10.6. The zero-order valence-corrected chi connectivity index (χ0v) is 10.6. The van der Waals surface area contributed by atoms with Crippen LogP contribution in [0, 0.1) is 12.8 Å². The van der Waals surface area contributed by atoms with Crippen LogP contribution in [0.3, 0.4) is 0 Å². The Morgan fingerprint density at radius 1 is 1.59 bits per heavy atom. The number of nitrogens with zero attached hydrogens (tertiary/aromatic N) is 1. The SMILES string of the molecule is Cc1ccncc1CNC(=O)CCC(C)CN.